The Labute approximate surface area is 110 Å². The van der Waals surface area contributed by atoms with Crippen LogP contribution in [0.2, 0.25) is 0 Å². The summed E-state index contributed by atoms with van der Waals surface area (Å²) in [4.78, 5) is 8.40. The van der Waals surface area contributed by atoms with Crippen LogP contribution in [0.5, 0.6) is 0 Å². The Morgan fingerprint density at radius 3 is 2.79 bits per heavy atom. The minimum Gasteiger partial charge on any atom is -0.398 e. The van der Waals surface area contributed by atoms with Crippen LogP contribution < -0.4 is 5.73 Å². The first-order valence-corrected chi connectivity index (χ1v) is 5.93. The minimum absolute atomic E-state index is 0.716. The Balaban J connectivity index is 2.03. The molecule has 3 aromatic rings. The number of nitrogens with zero attached hydrogens (tertiary/aromatic N) is 4. The van der Waals surface area contributed by atoms with Gasteiger partial charge in [-0.05, 0) is 13.0 Å². The van der Waals surface area contributed by atoms with Crippen LogP contribution in [-0.4, -0.2) is 19.7 Å². The van der Waals surface area contributed by atoms with Crippen LogP contribution in [0.3, 0.4) is 0 Å². The molecule has 0 fully saturated rings. The molecule has 0 aliphatic rings. The van der Waals surface area contributed by atoms with Crippen molar-refractivity contribution in [3.05, 3.63) is 54.7 Å². The largest absolute Gasteiger partial charge is 0.398 e. The van der Waals surface area contributed by atoms with Gasteiger partial charge in [-0.25, -0.2) is 14.6 Å². The van der Waals surface area contributed by atoms with Gasteiger partial charge in [0.1, 0.15) is 5.82 Å². The van der Waals surface area contributed by atoms with E-state index in [0.29, 0.717) is 5.82 Å². The van der Waals surface area contributed by atoms with Crippen molar-refractivity contribution in [2.75, 3.05) is 5.73 Å². The maximum Gasteiger partial charge on any atom is 0.156 e. The van der Waals surface area contributed by atoms with Gasteiger partial charge in [0.25, 0.3) is 0 Å². The van der Waals surface area contributed by atoms with Crippen LogP contribution in [0.25, 0.3) is 16.9 Å². The third-order valence-electron chi connectivity index (χ3n) is 2.85. The molecule has 0 radical (unpaired) electrons. The van der Waals surface area contributed by atoms with Crippen molar-refractivity contribution in [1.82, 2.24) is 19.7 Å². The molecule has 1 aromatic carbocycles. The fourth-order valence-electron chi connectivity index (χ4n) is 1.92. The predicted molar refractivity (Wildman–Crippen MR) is 73.7 cm³/mol. The summed E-state index contributed by atoms with van der Waals surface area (Å²) >= 11 is 0. The summed E-state index contributed by atoms with van der Waals surface area (Å²) in [5.41, 5.74) is 8.64. The van der Waals surface area contributed by atoms with Crippen LogP contribution in [-0.2, 0) is 0 Å². The smallest absolute Gasteiger partial charge is 0.156 e. The van der Waals surface area contributed by atoms with Gasteiger partial charge in [-0.1, -0.05) is 18.2 Å². The number of aromatic nitrogens is 4. The van der Waals surface area contributed by atoms with Gasteiger partial charge >= 0.3 is 0 Å². The maximum atomic E-state index is 5.96. The number of nitrogens with two attached hydrogens (primary N) is 1. The average molecular weight is 251 g/mol. The third kappa shape index (κ3) is 2.18. The van der Waals surface area contributed by atoms with Gasteiger partial charge in [-0.2, -0.15) is 5.10 Å². The molecule has 19 heavy (non-hydrogen) atoms. The molecule has 0 saturated carbocycles. The second-order valence-corrected chi connectivity index (χ2v) is 4.22. The molecular weight excluding hydrogens is 238 g/mol. The monoisotopic (exact) mass is 251 g/mol. The van der Waals surface area contributed by atoms with Gasteiger partial charge in [-0.3, -0.25) is 0 Å². The van der Waals surface area contributed by atoms with E-state index in [1.165, 1.54) is 0 Å². The molecule has 2 N–H and O–H groups in total. The summed E-state index contributed by atoms with van der Waals surface area (Å²) in [5.74, 6) is 1.46. The molecule has 3 rings (SSSR count). The molecule has 0 spiro atoms. The molecule has 0 unspecified atom stereocenters. The standard InChI is InChI=1S/C14H13N5/c1-10-16-7-6-14(18-10)19-9-11(8-17-19)12-4-2-3-5-13(12)15/h2-9H,15H2,1H3. The normalized spacial score (nSPS) is 10.6. The molecule has 2 heterocycles. The lowest BCUT2D eigenvalue weighted by molar-refractivity contribution is 0.828. The van der Waals surface area contributed by atoms with Crippen molar-refractivity contribution in [3.63, 3.8) is 0 Å². The molecule has 0 saturated heterocycles. The molecule has 5 heteroatoms. The van der Waals surface area contributed by atoms with Crippen molar-refractivity contribution in [2.24, 2.45) is 0 Å². The summed E-state index contributed by atoms with van der Waals surface area (Å²) in [7, 11) is 0. The first-order valence-electron chi connectivity index (χ1n) is 5.93. The number of aryl methyl sites for hydroxylation is 1. The van der Waals surface area contributed by atoms with Gasteiger partial charge in [-0.15, -0.1) is 0 Å². The number of para-hydroxylation sites is 1. The first-order chi connectivity index (χ1) is 9.24. The Morgan fingerprint density at radius 1 is 1.16 bits per heavy atom. The summed E-state index contributed by atoms with van der Waals surface area (Å²) in [5, 5.41) is 4.32. The summed E-state index contributed by atoms with van der Waals surface area (Å²) in [6.07, 6.45) is 5.41. The second kappa shape index (κ2) is 4.53. The summed E-state index contributed by atoms with van der Waals surface area (Å²) in [6.45, 7) is 1.85. The van der Waals surface area contributed by atoms with Gasteiger partial charge in [0.05, 0.1) is 6.20 Å². The number of rotatable bonds is 2. The summed E-state index contributed by atoms with van der Waals surface area (Å²) < 4.78 is 1.72. The van der Waals surface area contributed by atoms with Crippen molar-refractivity contribution in [2.45, 2.75) is 6.92 Å². The van der Waals surface area contributed by atoms with Crippen LogP contribution in [0.15, 0.2) is 48.9 Å². The van der Waals surface area contributed by atoms with Crippen LogP contribution in [0.4, 0.5) is 5.69 Å². The SMILES string of the molecule is Cc1nccc(-n2cc(-c3ccccc3N)cn2)n1. The van der Waals surface area contributed by atoms with E-state index in [2.05, 4.69) is 15.1 Å². The van der Waals surface area contributed by atoms with Crippen molar-refractivity contribution < 1.29 is 0 Å². The highest BCUT2D eigenvalue weighted by Crippen LogP contribution is 2.25. The second-order valence-electron chi connectivity index (χ2n) is 4.22. The lowest BCUT2D eigenvalue weighted by atomic mass is 10.1. The number of hydrogen-bond donors (Lipinski definition) is 1. The van der Waals surface area contributed by atoms with Crippen molar-refractivity contribution in [1.29, 1.82) is 0 Å². The lowest BCUT2D eigenvalue weighted by Crippen LogP contribution is -1.99. The topological polar surface area (TPSA) is 69.6 Å². The fraction of sp³-hybridized carbons (Fsp3) is 0.0714. The zero-order valence-corrected chi connectivity index (χ0v) is 10.5. The number of anilines is 1. The van der Waals surface area contributed by atoms with Crippen LogP contribution in [0.1, 0.15) is 5.82 Å². The van der Waals surface area contributed by atoms with E-state index in [9.17, 15) is 0 Å². The van der Waals surface area contributed by atoms with E-state index in [-0.39, 0.29) is 0 Å². The van der Waals surface area contributed by atoms with Crippen LogP contribution >= 0.6 is 0 Å². The van der Waals surface area contributed by atoms with E-state index in [1.807, 2.05) is 43.5 Å². The summed E-state index contributed by atoms with van der Waals surface area (Å²) in [6, 6.07) is 9.54. The Hall–Kier alpha value is -2.69. The Kier molecular flexibility index (Phi) is 2.72. The lowest BCUT2D eigenvalue weighted by Gasteiger charge is -2.02. The van der Waals surface area contributed by atoms with Gasteiger partial charge in [0, 0.05) is 35.3 Å². The van der Waals surface area contributed by atoms with E-state index < -0.39 is 0 Å². The zero-order valence-electron chi connectivity index (χ0n) is 10.5. The third-order valence-corrected chi connectivity index (χ3v) is 2.85. The van der Waals surface area contributed by atoms with Crippen molar-refractivity contribution in [3.8, 4) is 16.9 Å². The van der Waals surface area contributed by atoms with E-state index in [0.717, 1.165) is 22.6 Å². The Morgan fingerprint density at radius 2 is 2.00 bits per heavy atom. The predicted octanol–water partition coefficient (Wildman–Crippen LogP) is 2.22. The van der Waals surface area contributed by atoms with E-state index in [1.54, 1.807) is 17.1 Å². The van der Waals surface area contributed by atoms with Crippen molar-refractivity contribution >= 4 is 5.69 Å². The van der Waals surface area contributed by atoms with Crippen LogP contribution in [0, 0.1) is 6.92 Å². The number of nitrogen functional groups attached to an aromatic ring is 1. The molecule has 0 aliphatic heterocycles. The van der Waals surface area contributed by atoms with E-state index in [4.69, 9.17) is 5.73 Å². The fourth-order valence-corrected chi connectivity index (χ4v) is 1.92. The molecule has 0 atom stereocenters. The van der Waals surface area contributed by atoms with Gasteiger partial charge < -0.3 is 5.73 Å². The Bertz CT molecular complexity index is 717. The molecule has 0 aliphatic carbocycles. The first kappa shape index (κ1) is 11.4. The number of hydrogen-bond acceptors (Lipinski definition) is 4. The average Bonchev–Trinajstić information content (AvgIpc) is 2.89. The van der Waals surface area contributed by atoms with Gasteiger partial charge in [0.2, 0.25) is 0 Å². The molecule has 0 amide bonds. The molecule has 5 nitrogen and oxygen atoms in total. The highest BCUT2D eigenvalue weighted by molar-refractivity contribution is 5.75. The quantitative estimate of drug-likeness (QED) is 0.709. The molecule has 0 bridgehead atoms. The maximum absolute atomic E-state index is 5.96. The molecule has 2 aromatic heterocycles. The zero-order chi connectivity index (χ0) is 13.2. The van der Waals surface area contributed by atoms with Gasteiger partial charge in [0.15, 0.2) is 5.82 Å². The molecular formula is C14H13N5. The highest BCUT2D eigenvalue weighted by atomic mass is 15.3. The minimum atomic E-state index is 0.716. The molecule has 94 valence electrons. The highest BCUT2D eigenvalue weighted by Gasteiger charge is 2.06. The van der Waals surface area contributed by atoms with E-state index >= 15 is 0 Å². The number of benzene rings is 1.